The zero-order valence-corrected chi connectivity index (χ0v) is 18.0. The average Bonchev–Trinajstić information content (AvgIpc) is 3.02. The van der Waals surface area contributed by atoms with E-state index in [1.165, 1.54) is 0 Å². The number of hydrogen-bond acceptors (Lipinski definition) is 2. The van der Waals surface area contributed by atoms with E-state index in [1.54, 1.807) is 0 Å². The minimum atomic E-state index is -0.428. The summed E-state index contributed by atoms with van der Waals surface area (Å²) in [6.45, 7) is 3.99. The fourth-order valence-electron chi connectivity index (χ4n) is 4.62. The molecule has 2 aliphatic rings. The van der Waals surface area contributed by atoms with Crippen LogP contribution in [0.1, 0.15) is 52.4 Å². The molecular weight excluding hydrogens is 394 g/mol. The Bertz CT molecular complexity index is 1050. The van der Waals surface area contributed by atoms with Crippen molar-refractivity contribution in [3.63, 3.8) is 0 Å². The molecule has 4 heteroatoms. The second-order valence-corrected chi connectivity index (χ2v) is 8.42. The number of hydrogen-bond donors (Lipinski definition) is 1. The van der Waals surface area contributed by atoms with Crippen LogP contribution in [0.2, 0.25) is 5.02 Å². The molecule has 2 aromatic carbocycles. The molecule has 2 aromatic rings. The summed E-state index contributed by atoms with van der Waals surface area (Å²) in [4.78, 5) is 15.6. The number of nitrogens with zero attached hydrogens (tertiary/aromatic N) is 1. The number of benzene rings is 2. The number of allylic oxidation sites excluding steroid dienone is 5. The van der Waals surface area contributed by atoms with Gasteiger partial charge in [-0.1, -0.05) is 79.2 Å². The number of rotatable bonds is 4. The van der Waals surface area contributed by atoms with Crippen molar-refractivity contribution in [2.24, 2.45) is 0 Å². The number of amides is 1. The Balaban J connectivity index is 1.89. The van der Waals surface area contributed by atoms with Crippen LogP contribution in [0.25, 0.3) is 0 Å². The highest BCUT2D eigenvalue weighted by molar-refractivity contribution is 6.31. The lowest BCUT2D eigenvalue weighted by Gasteiger charge is -2.45. The van der Waals surface area contributed by atoms with Crippen molar-refractivity contribution in [2.75, 3.05) is 6.61 Å². The van der Waals surface area contributed by atoms with Gasteiger partial charge in [-0.05, 0) is 47.7 Å². The van der Waals surface area contributed by atoms with Crippen LogP contribution in [0.5, 0.6) is 0 Å². The van der Waals surface area contributed by atoms with E-state index >= 15 is 0 Å². The second kappa shape index (κ2) is 8.63. The number of carbonyl (C=O) groups is 1. The van der Waals surface area contributed by atoms with Crippen molar-refractivity contribution in [2.45, 2.75) is 38.3 Å². The van der Waals surface area contributed by atoms with Crippen molar-refractivity contribution in [1.82, 2.24) is 4.90 Å². The van der Waals surface area contributed by atoms with Gasteiger partial charge in [-0.3, -0.25) is 4.79 Å². The molecule has 1 aliphatic carbocycles. The Hall–Kier alpha value is -2.62. The second-order valence-electron chi connectivity index (χ2n) is 8.02. The quantitative estimate of drug-likeness (QED) is 0.685. The average molecular weight is 420 g/mol. The zero-order chi connectivity index (χ0) is 21.3. The minimum Gasteiger partial charge on any atom is -0.394 e. The van der Waals surface area contributed by atoms with E-state index in [0.717, 1.165) is 22.3 Å². The molecule has 1 N–H and O–H groups in total. The summed E-state index contributed by atoms with van der Waals surface area (Å²) < 4.78 is 0. The van der Waals surface area contributed by atoms with Crippen molar-refractivity contribution < 1.29 is 9.90 Å². The maximum absolute atomic E-state index is 13.8. The SMILES string of the molecule is Cc1ccc([C@@H]2[C@@H](C)c3ccccc3C(=O)N2[C@H](CO)C2=CC=CC=CC2)c(Cl)c1. The van der Waals surface area contributed by atoms with Crippen molar-refractivity contribution in [3.05, 3.63) is 106 Å². The summed E-state index contributed by atoms with van der Waals surface area (Å²) in [6.07, 6.45) is 10.7. The predicted molar refractivity (Wildman–Crippen MR) is 122 cm³/mol. The summed E-state index contributed by atoms with van der Waals surface area (Å²) in [5.41, 5.74) is 4.72. The Morgan fingerprint density at radius 1 is 1.13 bits per heavy atom. The number of carbonyl (C=O) groups excluding carboxylic acids is 1. The van der Waals surface area contributed by atoms with Crippen LogP contribution in [-0.2, 0) is 0 Å². The monoisotopic (exact) mass is 419 g/mol. The number of halogens is 1. The van der Waals surface area contributed by atoms with Gasteiger partial charge in [-0.2, -0.15) is 0 Å². The van der Waals surface area contributed by atoms with Crippen LogP contribution in [-0.4, -0.2) is 28.6 Å². The normalized spacial score (nSPS) is 21.8. The molecule has 0 unspecified atom stereocenters. The molecule has 3 atom stereocenters. The van der Waals surface area contributed by atoms with Crippen LogP contribution < -0.4 is 0 Å². The molecule has 4 rings (SSSR count). The molecule has 0 saturated carbocycles. The molecule has 1 heterocycles. The van der Waals surface area contributed by atoms with E-state index in [1.807, 2.05) is 78.6 Å². The summed E-state index contributed by atoms with van der Waals surface area (Å²) in [5, 5.41) is 11.1. The molecule has 0 fully saturated rings. The molecule has 3 nitrogen and oxygen atoms in total. The highest BCUT2D eigenvalue weighted by atomic mass is 35.5. The Labute approximate surface area is 183 Å². The Morgan fingerprint density at radius 3 is 2.70 bits per heavy atom. The number of aryl methyl sites for hydroxylation is 1. The molecule has 0 bridgehead atoms. The first-order valence-corrected chi connectivity index (χ1v) is 10.7. The first-order valence-electron chi connectivity index (χ1n) is 10.3. The molecule has 30 heavy (non-hydrogen) atoms. The van der Waals surface area contributed by atoms with Gasteiger partial charge in [0.1, 0.15) is 0 Å². The zero-order valence-electron chi connectivity index (χ0n) is 17.3. The molecule has 0 spiro atoms. The summed E-state index contributed by atoms with van der Waals surface area (Å²) in [6, 6.07) is 13.1. The number of aliphatic hydroxyl groups excluding tert-OH is 1. The highest BCUT2D eigenvalue weighted by Gasteiger charge is 2.43. The Kier molecular flexibility index (Phi) is 5.94. The van der Waals surface area contributed by atoms with Crippen molar-refractivity contribution >= 4 is 17.5 Å². The van der Waals surface area contributed by atoms with E-state index in [9.17, 15) is 9.90 Å². The van der Waals surface area contributed by atoms with Crippen molar-refractivity contribution in [3.8, 4) is 0 Å². The lowest BCUT2D eigenvalue weighted by molar-refractivity contribution is 0.0440. The van der Waals surface area contributed by atoms with Gasteiger partial charge >= 0.3 is 0 Å². The van der Waals surface area contributed by atoms with Gasteiger partial charge in [-0.25, -0.2) is 0 Å². The minimum absolute atomic E-state index is 0.0330. The molecule has 154 valence electrons. The lowest BCUT2D eigenvalue weighted by atomic mass is 9.79. The van der Waals surface area contributed by atoms with Gasteiger partial charge in [0.2, 0.25) is 0 Å². The van der Waals surface area contributed by atoms with Crippen LogP contribution in [0.3, 0.4) is 0 Å². The fraction of sp³-hybridized carbons (Fsp3) is 0.269. The van der Waals surface area contributed by atoms with Gasteiger partial charge in [-0.15, -0.1) is 0 Å². The highest BCUT2D eigenvalue weighted by Crippen LogP contribution is 2.46. The van der Waals surface area contributed by atoms with Gasteiger partial charge in [0.25, 0.3) is 5.91 Å². The van der Waals surface area contributed by atoms with Crippen LogP contribution in [0.4, 0.5) is 0 Å². The van der Waals surface area contributed by atoms with Crippen molar-refractivity contribution in [1.29, 1.82) is 0 Å². The molecule has 1 amide bonds. The third-order valence-electron chi connectivity index (χ3n) is 6.12. The molecule has 0 aromatic heterocycles. The first-order chi connectivity index (χ1) is 14.5. The van der Waals surface area contributed by atoms with Gasteiger partial charge in [0.05, 0.1) is 18.7 Å². The van der Waals surface area contributed by atoms with Gasteiger partial charge in [0, 0.05) is 16.5 Å². The smallest absolute Gasteiger partial charge is 0.255 e. The van der Waals surface area contributed by atoms with E-state index in [4.69, 9.17) is 11.6 Å². The van der Waals surface area contributed by atoms with E-state index in [0.29, 0.717) is 17.0 Å². The lowest BCUT2D eigenvalue weighted by Crippen LogP contribution is -2.50. The molecular formula is C26H26ClNO2. The van der Waals surface area contributed by atoms with Crippen LogP contribution in [0, 0.1) is 6.92 Å². The maximum atomic E-state index is 13.8. The first kappa shape index (κ1) is 20.6. The number of aliphatic hydroxyl groups is 1. The summed E-state index contributed by atoms with van der Waals surface area (Å²) in [5.74, 6) is -0.0342. The van der Waals surface area contributed by atoms with Gasteiger partial charge < -0.3 is 10.0 Å². The third-order valence-corrected chi connectivity index (χ3v) is 6.45. The molecule has 0 radical (unpaired) electrons. The molecule has 1 aliphatic heterocycles. The maximum Gasteiger partial charge on any atom is 0.255 e. The van der Waals surface area contributed by atoms with Gasteiger partial charge in [0.15, 0.2) is 0 Å². The topological polar surface area (TPSA) is 40.5 Å². The largest absolute Gasteiger partial charge is 0.394 e. The third kappa shape index (κ3) is 3.64. The van der Waals surface area contributed by atoms with E-state index in [-0.39, 0.29) is 24.5 Å². The van der Waals surface area contributed by atoms with E-state index < -0.39 is 6.04 Å². The summed E-state index contributed by atoms with van der Waals surface area (Å²) >= 11 is 6.69. The predicted octanol–water partition coefficient (Wildman–Crippen LogP) is 5.75. The number of fused-ring (bicyclic) bond motifs is 1. The van der Waals surface area contributed by atoms with Crippen LogP contribution >= 0.6 is 11.6 Å². The standard InChI is InChI=1S/C26H26ClNO2/c1-17-13-14-22(23(27)15-17)25-18(2)20-11-7-8-12-21(20)26(30)28(25)24(16-29)19-9-5-3-4-6-10-19/h3-9,11-15,18,24-25,29H,10,16H2,1-2H3/t18-,24+,25-/m0/s1. The summed E-state index contributed by atoms with van der Waals surface area (Å²) in [7, 11) is 0. The Morgan fingerprint density at radius 2 is 1.93 bits per heavy atom. The van der Waals surface area contributed by atoms with Crippen LogP contribution in [0.15, 0.2) is 78.4 Å². The fourth-order valence-corrected chi connectivity index (χ4v) is 4.96. The molecule has 0 saturated heterocycles. The van der Waals surface area contributed by atoms with E-state index in [2.05, 4.69) is 13.0 Å².